The van der Waals surface area contributed by atoms with Crippen molar-refractivity contribution in [3.8, 4) is 5.75 Å². The average molecular weight is 207 g/mol. The van der Waals surface area contributed by atoms with Crippen molar-refractivity contribution in [2.75, 3.05) is 5.32 Å². The van der Waals surface area contributed by atoms with Crippen molar-refractivity contribution in [2.24, 2.45) is 0 Å². The standard InChI is InChI=1S/C10H9NO4/c1-10(9(13)14)8(12)11-6-4-2-3-5-7(6)15-10/h2-5H,1H3,(H,11,12)(H,13,14)/t10-/m1/s1. The van der Waals surface area contributed by atoms with Crippen molar-refractivity contribution in [1.29, 1.82) is 0 Å². The average Bonchev–Trinajstić information content (AvgIpc) is 2.19. The van der Waals surface area contributed by atoms with Crippen LogP contribution in [-0.4, -0.2) is 22.6 Å². The van der Waals surface area contributed by atoms with Crippen molar-refractivity contribution in [3.63, 3.8) is 0 Å². The molecular weight excluding hydrogens is 198 g/mol. The first-order valence-corrected chi connectivity index (χ1v) is 4.37. The SMILES string of the molecule is C[C@@]1(C(=O)O)Oc2ccccc2NC1=O. The van der Waals surface area contributed by atoms with Gasteiger partial charge in [0, 0.05) is 0 Å². The van der Waals surface area contributed by atoms with Gasteiger partial charge >= 0.3 is 5.97 Å². The maximum atomic E-state index is 11.5. The monoisotopic (exact) mass is 207 g/mol. The Kier molecular flexibility index (Phi) is 1.89. The molecule has 0 spiro atoms. The number of anilines is 1. The number of carbonyl (C=O) groups excluding carboxylic acids is 1. The second-order valence-electron chi connectivity index (χ2n) is 3.39. The zero-order valence-electron chi connectivity index (χ0n) is 7.98. The van der Waals surface area contributed by atoms with Crippen LogP contribution < -0.4 is 10.1 Å². The third-order valence-electron chi connectivity index (χ3n) is 2.29. The summed E-state index contributed by atoms with van der Waals surface area (Å²) in [5, 5.41) is 11.4. The van der Waals surface area contributed by atoms with E-state index in [1.807, 2.05) is 0 Å². The predicted molar refractivity (Wildman–Crippen MR) is 51.7 cm³/mol. The van der Waals surface area contributed by atoms with Crippen LogP contribution in [0.3, 0.4) is 0 Å². The number of rotatable bonds is 1. The van der Waals surface area contributed by atoms with Gasteiger partial charge in [-0.1, -0.05) is 12.1 Å². The van der Waals surface area contributed by atoms with Crippen LogP contribution in [0.15, 0.2) is 24.3 Å². The summed E-state index contributed by atoms with van der Waals surface area (Å²) in [6.45, 7) is 1.22. The van der Waals surface area contributed by atoms with Crippen molar-refractivity contribution in [2.45, 2.75) is 12.5 Å². The molecule has 1 amide bonds. The number of carboxylic acids is 1. The normalized spacial score (nSPS) is 23.7. The fraction of sp³-hybridized carbons (Fsp3) is 0.200. The number of carboxylic acid groups (broad SMARTS) is 1. The summed E-state index contributed by atoms with van der Waals surface area (Å²) in [6, 6.07) is 6.69. The molecule has 1 heterocycles. The number of aliphatic carboxylic acids is 1. The minimum absolute atomic E-state index is 0.363. The fourth-order valence-corrected chi connectivity index (χ4v) is 1.31. The van der Waals surface area contributed by atoms with E-state index in [9.17, 15) is 9.59 Å². The minimum atomic E-state index is -1.85. The molecule has 0 aromatic heterocycles. The van der Waals surface area contributed by atoms with Crippen molar-refractivity contribution >= 4 is 17.6 Å². The molecule has 0 saturated heterocycles. The lowest BCUT2D eigenvalue weighted by Crippen LogP contribution is -2.54. The molecule has 1 aromatic rings. The van der Waals surface area contributed by atoms with Crippen LogP contribution in [0.1, 0.15) is 6.92 Å². The van der Waals surface area contributed by atoms with Crippen LogP contribution in [-0.2, 0) is 9.59 Å². The summed E-state index contributed by atoms with van der Waals surface area (Å²) in [5.41, 5.74) is -1.37. The summed E-state index contributed by atoms with van der Waals surface area (Å²) in [5.74, 6) is -1.62. The number of para-hydroxylation sites is 2. The lowest BCUT2D eigenvalue weighted by atomic mass is 10.0. The van der Waals surface area contributed by atoms with Crippen LogP contribution in [0.2, 0.25) is 0 Å². The molecule has 15 heavy (non-hydrogen) atoms. The Balaban J connectivity index is 2.46. The van der Waals surface area contributed by atoms with Gasteiger partial charge in [0.1, 0.15) is 5.75 Å². The molecule has 1 atom stereocenters. The number of carbonyl (C=O) groups is 2. The van der Waals surface area contributed by atoms with Crippen molar-refractivity contribution in [1.82, 2.24) is 0 Å². The summed E-state index contributed by atoms with van der Waals surface area (Å²) in [6.07, 6.45) is 0. The lowest BCUT2D eigenvalue weighted by Gasteiger charge is -2.30. The van der Waals surface area contributed by atoms with E-state index in [0.29, 0.717) is 11.4 Å². The Labute approximate surface area is 85.7 Å². The highest BCUT2D eigenvalue weighted by Crippen LogP contribution is 2.33. The molecule has 0 bridgehead atoms. The molecule has 1 aliphatic rings. The van der Waals surface area contributed by atoms with Crippen LogP contribution in [0.5, 0.6) is 5.75 Å². The van der Waals surface area contributed by atoms with E-state index >= 15 is 0 Å². The van der Waals surface area contributed by atoms with Gasteiger partial charge in [-0.05, 0) is 19.1 Å². The Morgan fingerprint density at radius 1 is 1.47 bits per heavy atom. The Morgan fingerprint density at radius 3 is 2.80 bits per heavy atom. The quantitative estimate of drug-likeness (QED) is 0.670. The number of hydrogen-bond donors (Lipinski definition) is 2. The molecule has 5 nitrogen and oxygen atoms in total. The van der Waals surface area contributed by atoms with E-state index in [1.54, 1.807) is 24.3 Å². The maximum absolute atomic E-state index is 11.5. The topological polar surface area (TPSA) is 75.6 Å². The van der Waals surface area contributed by atoms with E-state index in [-0.39, 0.29) is 0 Å². The van der Waals surface area contributed by atoms with Crippen molar-refractivity contribution < 1.29 is 19.4 Å². The Bertz CT molecular complexity index is 443. The highest BCUT2D eigenvalue weighted by Gasteiger charge is 2.47. The number of amides is 1. The first kappa shape index (κ1) is 9.51. The van der Waals surface area contributed by atoms with E-state index in [1.165, 1.54) is 6.92 Å². The minimum Gasteiger partial charge on any atom is -0.478 e. The van der Waals surface area contributed by atoms with E-state index in [2.05, 4.69) is 5.32 Å². The summed E-state index contributed by atoms with van der Waals surface area (Å²) < 4.78 is 5.18. The van der Waals surface area contributed by atoms with Gasteiger partial charge in [0.05, 0.1) is 5.69 Å². The molecule has 2 rings (SSSR count). The number of ether oxygens (including phenoxy) is 1. The Morgan fingerprint density at radius 2 is 2.13 bits per heavy atom. The second-order valence-corrected chi connectivity index (χ2v) is 3.39. The fourth-order valence-electron chi connectivity index (χ4n) is 1.31. The molecule has 0 fully saturated rings. The summed E-state index contributed by atoms with van der Waals surface area (Å²) in [4.78, 5) is 22.4. The number of nitrogens with one attached hydrogen (secondary N) is 1. The smallest absolute Gasteiger partial charge is 0.357 e. The first-order chi connectivity index (χ1) is 7.04. The molecule has 2 N–H and O–H groups in total. The highest BCUT2D eigenvalue weighted by atomic mass is 16.5. The molecule has 78 valence electrons. The van der Waals surface area contributed by atoms with Gasteiger partial charge in [-0.2, -0.15) is 0 Å². The van der Waals surface area contributed by atoms with Crippen molar-refractivity contribution in [3.05, 3.63) is 24.3 Å². The molecule has 5 heteroatoms. The zero-order valence-corrected chi connectivity index (χ0v) is 7.98. The maximum Gasteiger partial charge on any atom is 0.357 e. The van der Waals surface area contributed by atoms with Gasteiger partial charge in [-0.3, -0.25) is 4.79 Å². The van der Waals surface area contributed by atoms with E-state index < -0.39 is 17.5 Å². The van der Waals surface area contributed by atoms with Crippen LogP contribution in [0.4, 0.5) is 5.69 Å². The first-order valence-electron chi connectivity index (χ1n) is 4.37. The van der Waals surface area contributed by atoms with Crippen LogP contribution >= 0.6 is 0 Å². The number of benzene rings is 1. The van der Waals surface area contributed by atoms with E-state index in [4.69, 9.17) is 9.84 Å². The van der Waals surface area contributed by atoms with Gasteiger partial charge in [-0.25, -0.2) is 4.79 Å². The molecule has 1 aliphatic heterocycles. The van der Waals surface area contributed by atoms with Crippen LogP contribution in [0.25, 0.3) is 0 Å². The number of fused-ring (bicyclic) bond motifs is 1. The summed E-state index contributed by atoms with van der Waals surface area (Å²) in [7, 11) is 0. The zero-order chi connectivity index (χ0) is 11.1. The van der Waals surface area contributed by atoms with Gasteiger partial charge < -0.3 is 15.2 Å². The van der Waals surface area contributed by atoms with Gasteiger partial charge in [-0.15, -0.1) is 0 Å². The predicted octanol–water partition coefficient (Wildman–Crippen LogP) is 0.861. The molecule has 0 saturated carbocycles. The molecular formula is C10H9NO4. The molecule has 0 unspecified atom stereocenters. The van der Waals surface area contributed by atoms with Crippen LogP contribution in [0, 0.1) is 0 Å². The molecule has 0 radical (unpaired) electrons. The van der Waals surface area contributed by atoms with Gasteiger partial charge in [0.15, 0.2) is 0 Å². The van der Waals surface area contributed by atoms with Gasteiger partial charge in [0.25, 0.3) is 11.5 Å². The Hall–Kier alpha value is -2.04. The van der Waals surface area contributed by atoms with E-state index in [0.717, 1.165) is 0 Å². The largest absolute Gasteiger partial charge is 0.478 e. The van der Waals surface area contributed by atoms with Gasteiger partial charge in [0.2, 0.25) is 0 Å². The molecule has 0 aliphatic carbocycles. The highest BCUT2D eigenvalue weighted by molar-refractivity contribution is 6.13. The molecule has 1 aromatic carbocycles. The lowest BCUT2D eigenvalue weighted by molar-refractivity contribution is -0.159. The summed E-state index contributed by atoms with van der Waals surface area (Å²) >= 11 is 0. The third kappa shape index (κ3) is 1.32. The second kappa shape index (κ2) is 2.98. The third-order valence-corrected chi connectivity index (χ3v) is 2.29. The number of hydrogen-bond acceptors (Lipinski definition) is 3.